The Hall–Kier alpha value is -1.14. The molecule has 2 heterocycles. The fourth-order valence-electron chi connectivity index (χ4n) is 3.17. The summed E-state index contributed by atoms with van der Waals surface area (Å²) in [6.45, 7) is 6.62. The number of rotatable bonds is 5. The Morgan fingerprint density at radius 2 is 2.19 bits per heavy atom. The number of likely N-dealkylation sites (tertiary alicyclic amines) is 1. The normalized spacial score (nSPS) is 33.1. The summed E-state index contributed by atoms with van der Waals surface area (Å²) < 4.78 is 5.45. The predicted octanol–water partition coefficient (Wildman–Crippen LogP) is 0.714. The molecule has 2 fully saturated rings. The number of ether oxygens (including phenoxy) is 1. The quantitative estimate of drug-likeness (QED) is 0.781. The van der Waals surface area contributed by atoms with Crippen LogP contribution in [0.25, 0.3) is 0 Å². The molecule has 0 aliphatic carbocycles. The maximum Gasteiger partial charge on any atom is 0.311 e. The summed E-state index contributed by atoms with van der Waals surface area (Å²) in [4.78, 5) is 25.8. The van der Waals surface area contributed by atoms with Crippen LogP contribution < -0.4 is 5.32 Å². The van der Waals surface area contributed by atoms with Crippen molar-refractivity contribution in [3.8, 4) is 0 Å². The summed E-state index contributed by atoms with van der Waals surface area (Å²) >= 11 is 0. The number of hydrogen-bond acceptors (Lipinski definition) is 4. The van der Waals surface area contributed by atoms with Gasteiger partial charge in [-0.05, 0) is 32.7 Å². The maximum atomic E-state index is 12.7. The van der Waals surface area contributed by atoms with E-state index in [1.165, 1.54) is 0 Å². The van der Waals surface area contributed by atoms with Crippen LogP contribution in [0, 0.1) is 11.3 Å². The molecule has 2 aliphatic heterocycles. The van der Waals surface area contributed by atoms with Gasteiger partial charge in [-0.25, -0.2) is 0 Å². The van der Waals surface area contributed by atoms with E-state index in [1.807, 2.05) is 0 Å². The van der Waals surface area contributed by atoms with Crippen molar-refractivity contribution in [1.29, 1.82) is 0 Å². The fourth-order valence-corrected chi connectivity index (χ4v) is 3.17. The van der Waals surface area contributed by atoms with Crippen molar-refractivity contribution in [2.45, 2.75) is 39.2 Å². The molecule has 6 nitrogen and oxygen atoms in total. The predicted molar refractivity (Wildman–Crippen MR) is 77.9 cm³/mol. The molecular formula is C15H26N2O4. The maximum absolute atomic E-state index is 12.7. The first-order chi connectivity index (χ1) is 9.98. The SMILES string of the molecule is CCCNC1COCC1C(=O)N1CCCC(C)(C(=O)O)C1. The second-order valence-electron chi connectivity index (χ2n) is 6.43. The second kappa shape index (κ2) is 6.75. The third-order valence-corrected chi connectivity index (χ3v) is 4.58. The lowest BCUT2D eigenvalue weighted by molar-refractivity contribution is -0.154. The van der Waals surface area contributed by atoms with Gasteiger partial charge in [0.15, 0.2) is 0 Å². The number of piperidine rings is 1. The Labute approximate surface area is 125 Å². The van der Waals surface area contributed by atoms with Crippen LogP contribution in [0.15, 0.2) is 0 Å². The zero-order valence-electron chi connectivity index (χ0n) is 12.9. The van der Waals surface area contributed by atoms with Crippen molar-refractivity contribution in [1.82, 2.24) is 10.2 Å². The Balaban J connectivity index is 2.00. The summed E-state index contributed by atoms with van der Waals surface area (Å²) in [6.07, 6.45) is 2.39. The average molecular weight is 298 g/mol. The molecule has 0 radical (unpaired) electrons. The first kappa shape index (κ1) is 16.2. The van der Waals surface area contributed by atoms with Crippen molar-refractivity contribution < 1.29 is 19.4 Å². The van der Waals surface area contributed by atoms with Gasteiger partial charge in [0.1, 0.15) is 0 Å². The van der Waals surface area contributed by atoms with Gasteiger partial charge in [0.2, 0.25) is 5.91 Å². The Morgan fingerprint density at radius 3 is 2.86 bits per heavy atom. The largest absolute Gasteiger partial charge is 0.481 e. The lowest BCUT2D eigenvalue weighted by Crippen LogP contribution is -2.53. The van der Waals surface area contributed by atoms with E-state index in [-0.39, 0.29) is 17.9 Å². The summed E-state index contributed by atoms with van der Waals surface area (Å²) in [5, 5.41) is 12.7. The molecule has 0 saturated carbocycles. The molecule has 3 atom stereocenters. The molecule has 0 aromatic heterocycles. The monoisotopic (exact) mass is 298 g/mol. The molecule has 2 aliphatic rings. The van der Waals surface area contributed by atoms with Crippen molar-refractivity contribution in [2.24, 2.45) is 11.3 Å². The van der Waals surface area contributed by atoms with E-state index in [9.17, 15) is 14.7 Å². The van der Waals surface area contributed by atoms with Crippen LogP contribution in [0.4, 0.5) is 0 Å². The number of carboxylic acids is 1. The highest BCUT2D eigenvalue weighted by molar-refractivity contribution is 5.82. The fraction of sp³-hybridized carbons (Fsp3) is 0.867. The van der Waals surface area contributed by atoms with Crippen LogP contribution >= 0.6 is 0 Å². The first-order valence-electron chi connectivity index (χ1n) is 7.81. The Kier molecular flexibility index (Phi) is 5.22. The van der Waals surface area contributed by atoms with Crippen LogP contribution in [-0.2, 0) is 14.3 Å². The molecule has 2 N–H and O–H groups in total. The number of carbonyl (C=O) groups excluding carboxylic acids is 1. The van der Waals surface area contributed by atoms with E-state index in [2.05, 4.69) is 12.2 Å². The molecule has 0 aromatic rings. The Bertz CT molecular complexity index is 401. The number of nitrogens with one attached hydrogen (secondary N) is 1. The van der Waals surface area contributed by atoms with Crippen LogP contribution in [0.5, 0.6) is 0 Å². The summed E-state index contributed by atoms with van der Waals surface area (Å²) in [7, 11) is 0. The number of nitrogens with zero attached hydrogens (tertiary/aromatic N) is 1. The lowest BCUT2D eigenvalue weighted by Gasteiger charge is -2.39. The van der Waals surface area contributed by atoms with Crippen LogP contribution in [-0.4, -0.2) is 60.8 Å². The van der Waals surface area contributed by atoms with Gasteiger partial charge in [0.05, 0.1) is 24.5 Å². The highest BCUT2D eigenvalue weighted by Crippen LogP contribution is 2.31. The molecule has 120 valence electrons. The summed E-state index contributed by atoms with van der Waals surface area (Å²) in [6, 6.07) is 0.0514. The van der Waals surface area contributed by atoms with Gasteiger partial charge in [-0.15, -0.1) is 0 Å². The van der Waals surface area contributed by atoms with Crippen molar-refractivity contribution in [3.05, 3.63) is 0 Å². The molecular weight excluding hydrogens is 272 g/mol. The standard InChI is InChI=1S/C15H26N2O4/c1-3-6-16-12-9-21-8-11(12)13(18)17-7-4-5-15(2,10-17)14(19)20/h11-12,16H,3-10H2,1-2H3,(H,19,20). The van der Waals surface area contributed by atoms with E-state index in [0.29, 0.717) is 32.7 Å². The van der Waals surface area contributed by atoms with E-state index in [1.54, 1.807) is 11.8 Å². The zero-order chi connectivity index (χ0) is 15.5. The van der Waals surface area contributed by atoms with Crippen molar-refractivity contribution >= 4 is 11.9 Å². The number of amides is 1. The second-order valence-corrected chi connectivity index (χ2v) is 6.43. The smallest absolute Gasteiger partial charge is 0.311 e. The minimum absolute atomic E-state index is 0.0354. The minimum atomic E-state index is -0.820. The van der Waals surface area contributed by atoms with Crippen molar-refractivity contribution in [3.63, 3.8) is 0 Å². The third-order valence-electron chi connectivity index (χ3n) is 4.58. The van der Waals surface area contributed by atoms with Gasteiger partial charge in [-0.1, -0.05) is 6.92 Å². The highest BCUT2D eigenvalue weighted by Gasteiger charge is 2.43. The highest BCUT2D eigenvalue weighted by atomic mass is 16.5. The molecule has 0 spiro atoms. The van der Waals surface area contributed by atoms with Crippen LogP contribution in [0.1, 0.15) is 33.1 Å². The first-order valence-corrected chi connectivity index (χ1v) is 7.81. The van der Waals surface area contributed by atoms with Crippen LogP contribution in [0.2, 0.25) is 0 Å². The molecule has 6 heteroatoms. The number of carbonyl (C=O) groups is 2. The molecule has 2 saturated heterocycles. The van der Waals surface area contributed by atoms with E-state index >= 15 is 0 Å². The lowest BCUT2D eigenvalue weighted by atomic mass is 9.81. The van der Waals surface area contributed by atoms with Gasteiger partial charge in [-0.3, -0.25) is 9.59 Å². The molecule has 2 rings (SSSR count). The van der Waals surface area contributed by atoms with Gasteiger partial charge < -0.3 is 20.1 Å². The molecule has 0 bridgehead atoms. The number of aliphatic carboxylic acids is 1. The summed E-state index contributed by atoms with van der Waals surface area (Å²) in [5.74, 6) is -0.968. The van der Waals surface area contributed by atoms with Gasteiger partial charge in [-0.2, -0.15) is 0 Å². The minimum Gasteiger partial charge on any atom is -0.481 e. The van der Waals surface area contributed by atoms with E-state index in [0.717, 1.165) is 19.4 Å². The molecule has 0 aromatic carbocycles. The average Bonchev–Trinajstić information content (AvgIpc) is 2.92. The van der Waals surface area contributed by atoms with E-state index in [4.69, 9.17) is 4.74 Å². The molecule has 3 unspecified atom stereocenters. The topological polar surface area (TPSA) is 78.9 Å². The number of carboxylic acid groups (broad SMARTS) is 1. The number of hydrogen-bond donors (Lipinski definition) is 2. The van der Waals surface area contributed by atoms with Crippen molar-refractivity contribution in [2.75, 3.05) is 32.8 Å². The van der Waals surface area contributed by atoms with Crippen LogP contribution in [0.3, 0.4) is 0 Å². The zero-order valence-corrected chi connectivity index (χ0v) is 12.9. The Morgan fingerprint density at radius 1 is 1.43 bits per heavy atom. The van der Waals surface area contributed by atoms with Gasteiger partial charge in [0, 0.05) is 19.1 Å². The third kappa shape index (κ3) is 3.55. The van der Waals surface area contributed by atoms with E-state index < -0.39 is 11.4 Å². The van der Waals surface area contributed by atoms with Gasteiger partial charge in [0.25, 0.3) is 0 Å². The van der Waals surface area contributed by atoms with Gasteiger partial charge >= 0.3 is 5.97 Å². The molecule has 1 amide bonds. The molecule has 21 heavy (non-hydrogen) atoms. The summed E-state index contributed by atoms with van der Waals surface area (Å²) in [5.41, 5.74) is -0.820.